The van der Waals surface area contributed by atoms with Crippen LogP contribution < -0.4 is 0 Å². The third kappa shape index (κ3) is 3.24. The summed E-state index contributed by atoms with van der Waals surface area (Å²) in [6, 6.07) is 7.12. The summed E-state index contributed by atoms with van der Waals surface area (Å²) in [4.78, 5) is 16.3. The van der Waals surface area contributed by atoms with E-state index in [1.165, 1.54) is 12.5 Å². The first kappa shape index (κ1) is 17.2. The smallest absolute Gasteiger partial charge is 0.179 e. The van der Waals surface area contributed by atoms with Crippen molar-refractivity contribution in [2.45, 2.75) is 25.7 Å². The fraction of sp³-hybridized carbons (Fsp3) is 0.350. The molecule has 1 atom stereocenters. The topological polar surface area (TPSA) is 62.1 Å². The highest BCUT2D eigenvalue weighted by atomic mass is 35.5. The number of nitrogens with zero attached hydrogens (tertiary/aromatic N) is 4. The zero-order chi connectivity index (χ0) is 18.3. The second kappa shape index (κ2) is 6.82. The third-order valence-corrected chi connectivity index (χ3v) is 5.22. The van der Waals surface area contributed by atoms with Crippen LogP contribution >= 0.6 is 11.6 Å². The summed E-state index contributed by atoms with van der Waals surface area (Å²) in [5, 5.41) is 10.8. The minimum Gasteiger partial charge on any atom is -0.507 e. The Bertz CT molecular complexity index is 952. The number of aryl methyl sites for hydroxylation is 1. The zero-order valence-corrected chi connectivity index (χ0v) is 15.7. The maximum atomic E-state index is 10.3. The molecule has 4 rings (SSSR count). The number of phenolic OH excluding ortho intramolecular Hbond substituents is 1. The first-order valence-corrected chi connectivity index (χ1v) is 9.21. The van der Waals surface area contributed by atoms with E-state index in [-0.39, 0.29) is 5.75 Å². The van der Waals surface area contributed by atoms with Crippen molar-refractivity contribution < 1.29 is 5.11 Å². The predicted molar refractivity (Wildman–Crippen MR) is 104 cm³/mol. The fourth-order valence-corrected chi connectivity index (χ4v) is 3.98. The number of hydrogen-bond acceptors (Lipinski definition) is 5. The van der Waals surface area contributed by atoms with E-state index in [2.05, 4.69) is 21.9 Å². The third-order valence-electron chi connectivity index (χ3n) is 5.00. The molecular weight excluding hydrogens is 348 g/mol. The molecule has 5 nitrogen and oxygen atoms in total. The van der Waals surface area contributed by atoms with Crippen LogP contribution in [0.1, 0.15) is 30.0 Å². The second-order valence-electron chi connectivity index (χ2n) is 7.05. The number of benzene rings is 1. The van der Waals surface area contributed by atoms with Gasteiger partial charge >= 0.3 is 0 Å². The van der Waals surface area contributed by atoms with Gasteiger partial charge in [0.1, 0.15) is 11.3 Å². The van der Waals surface area contributed by atoms with E-state index in [4.69, 9.17) is 16.6 Å². The highest BCUT2D eigenvalue weighted by Crippen LogP contribution is 2.34. The van der Waals surface area contributed by atoms with Gasteiger partial charge in [-0.05, 0) is 63.2 Å². The Morgan fingerprint density at radius 3 is 2.85 bits per heavy atom. The largest absolute Gasteiger partial charge is 0.507 e. The van der Waals surface area contributed by atoms with E-state index in [1.54, 1.807) is 0 Å². The van der Waals surface area contributed by atoms with Gasteiger partial charge < -0.3 is 10.0 Å². The Morgan fingerprint density at radius 1 is 1.23 bits per heavy atom. The van der Waals surface area contributed by atoms with Crippen molar-refractivity contribution in [1.82, 2.24) is 19.9 Å². The number of halogens is 1. The molecule has 1 aromatic carbocycles. The molecule has 2 aromatic heterocycles. The van der Waals surface area contributed by atoms with Gasteiger partial charge in [0.05, 0.1) is 11.4 Å². The molecule has 0 unspecified atom stereocenters. The molecule has 1 N–H and O–H groups in total. The molecule has 1 aliphatic rings. The minimum atomic E-state index is 0.125. The molecule has 0 aliphatic carbocycles. The quantitative estimate of drug-likeness (QED) is 0.735. The standard InChI is InChI=1S/C20H21ClN4O/c1-12-8-14(21)9-18(26)19(12)15-5-6-16-20(23-15)24-17(10-22-16)13-4-3-7-25(2)11-13/h5-6,8-10,13,26H,3-4,7,11H2,1-2H3/t13-/m1/s1. The maximum Gasteiger partial charge on any atom is 0.179 e. The van der Waals surface area contributed by atoms with Crippen molar-refractivity contribution in [3.05, 3.63) is 46.7 Å². The summed E-state index contributed by atoms with van der Waals surface area (Å²) in [5.41, 5.74) is 4.60. The van der Waals surface area contributed by atoms with Gasteiger partial charge in [0.15, 0.2) is 5.65 Å². The van der Waals surface area contributed by atoms with Gasteiger partial charge in [-0.1, -0.05) is 11.6 Å². The SMILES string of the molecule is Cc1cc(Cl)cc(O)c1-c1ccc2ncc([C@@H]3CCCN(C)C3)nc2n1. The zero-order valence-electron chi connectivity index (χ0n) is 14.9. The van der Waals surface area contributed by atoms with Crippen molar-refractivity contribution >= 4 is 22.8 Å². The molecule has 1 saturated heterocycles. The van der Waals surface area contributed by atoms with Gasteiger partial charge in [0.2, 0.25) is 0 Å². The number of fused-ring (bicyclic) bond motifs is 1. The molecule has 0 bridgehead atoms. The molecule has 0 spiro atoms. The Hall–Kier alpha value is -2.24. The number of hydrogen-bond donors (Lipinski definition) is 1. The molecule has 134 valence electrons. The highest BCUT2D eigenvalue weighted by Gasteiger charge is 2.21. The lowest BCUT2D eigenvalue weighted by Gasteiger charge is -2.29. The molecule has 0 saturated carbocycles. The Balaban J connectivity index is 1.77. The minimum absolute atomic E-state index is 0.125. The number of phenols is 1. The molecule has 0 amide bonds. The summed E-state index contributed by atoms with van der Waals surface area (Å²) >= 11 is 6.02. The average Bonchev–Trinajstić information content (AvgIpc) is 2.60. The van der Waals surface area contributed by atoms with Crippen molar-refractivity contribution in [3.63, 3.8) is 0 Å². The van der Waals surface area contributed by atoms with Crippen molar-refractivity contribution in [1.29, 1.82) is 0 Å². The normalized spacial score (nSPS) is 18.3. The first-order chi connectivity index (χ1) is 12.5. The molecular formula is C20H21ClN4O. The van der Waals surface area contributed by atoms with E-state index in [9.17, 15) is 5.11 Å². The second-order valence-corrected chi connectivity index (χ2v) is 7.49. The molecule has 3 heterocycles. The lowest BCUT2D eigenvalue weighted by molar-refractivity contribution is 0.248. The summed E-state index contributed by atoms with van der Waals surface area (Å²) in [6.07, 6.45) is 4.17. The van der Waals surface area contributed by atoms with E-state index in [1.807, 2.05) is 31.3 Å². The van der Waals surface area contributed by atoms with Crippen LogP contribution in [0.2, 0.25) is 5.02 Å². The maximum absolute atomic E-state index is 10.3. The van der Waals surface area contributed by atoms with Gasteiger partial charge in [-0.15, -0.1) is 0 Å². The molecule has 6 heteroatoms. The van der Waals surface area contributed by atoms with Crippen LogP contribution in [0.3, 0.4) is 0 Å². The first-order valence-electron chi connectivity index (χ1n) is 8.83. The number of likely N-dealkylation sites (tertiary alicyclic amines) is 1. The monoisotopic (exact) mass is 368 g/mol. The highest BCUT2D eigenvalue weighted by molar-refractivity contribution is 6.31. The average molecular weight is 369 g/mol. The van der Waals surface area contributed by atoms with Crippen molar-refractivity contribution in [3.8, 4) is 17.0 Å². The number of likely N-dealkylation sites (N-methyl/N-ethyl adjacent to an activating group) is 1. The Labute approximate surface area is 157 Å². The molecule has 26 heavy (non-hydrogen) atoms. The Kier molecular flexibility index (Phi) is 4.51. The Morgan fingerprint density at radius 2 is 2.08 bits per heavy atom. The van der Waals surface area contributed by atoms with E-state index >= 15 is 0 Å². The number of rotatable bonds is 2. The van der Waals surface area contributed by atoms with Gasteiger partial charge in [-0.2, -0.15) is 0 Å². The summed E-state index contributed by atoms with van der Waals surface area (Å²) in [6.45, 7) is 4.04. The lowest BCUT2D eigenvalue weighted by Crippen LogP contribution is -2.31. The number of aromatic nitrogens is 3. The molecule has 0 radical (unpaired) electrons. The lowest BCUT2D eigenvalue weighted by atomic mass is 9.95. The van der Waals surface area contributed by atoms with Gasteiger partial charge in [0.25, 0.3) is 0 Å². The van der Waals surface area contributed by atoms with Gasteiger partial charge in [0, 0.05) is 29.2 Å². The summed E-state index contributed by atoms with van der Waals surface area (Å²) in [7, 11) is 2.14. The summed E-state index contributed by atoms with van der Waals surface area (Å²) in [5.74, 6) is 0.515. The van der Waals surface area contributed by atoms with Crippen LogP contribution in [0.25, 0.3) is 22.4 Å². The fourth-order valence-electron chi connectivity index (χ4n) is 3.71. The number of piperidine rings is 1. The number of pyridine rings is 1. The van der Waals surface area contributed by atoms with Crippen LogP contribution in [0.15, 0.2) is 30.5 Å². The van der Waals surface area contributed by atoms with Crippen LogP contribution in [0, 0.1) is 6.92 Å². The molecule has 1 aliphatic heterocycles. The molecule has 3 aromatic rings. The van der Waals surface area contributed by atoms with Gasteiger partial charge in [-0.3, -0.25) is 4.98 Å². The van der Waals surface area contributed by atoms with Gasteiger partial charge in [-0.25, -0.2) is 9.97 Å². The number of aromatic hydroxyl groups is 1. The van der Waals surface area contributed by atoms with E-state index < -0.39 is 0 Å². The van der Waals surface area contributed by atoms with Crippen LogP contribution in [0.4, 0.5) is 0 Å². The summed E-state index contributed by atoms with van der Waals surface area (Å²) < 4.78 is 0. The van der Waals surface area contributed by atoms with Crippen LogP contribution in [0.5, 0.6) is 5.75 Å². The van der Waals surface area contributed by atoms with Crippen LogP contribution in [-0.2, 0) is 0 Å². The predicted octanol–water partition coefficient (Wildman–Crippen LogP) is 4.17. The van der Waals surface area contributed by atoms with E-state index in [0.717, 1.165) is 36.3 Å². The van der Waals surface area contributed by atoms with Crippen molar-refractivity contribution in [2.75, 3.05) is 20.1 Å². The van der Waals surface area contributed by atoms with Crippen LogP contribution in [-0.4, -0.2) is 45.1 Å². The molecule has 1 fully saturated rings. The van der Waals surface area contributed by atoms with Crippen molar-refractivity contribution in [2.24, 2.45) is 0 Å². The van der Waals surface area contributed by atoms with E-state index in [0.29, 0.717) is 27.8 Å².